The predicted molar refractivity (Wildman–Crippen MR) is 224 cm³/mol. The molecule has 0 fully saturated rings. The average Bonchev–Trinajstić information content (AvgIpc) is 3.17. The molecule has 0 aliphatic rings. The first-order valence-corrected chi connectivity index (χ1v) is 22.7. The van der Waals surface area contributed by atoms with Gasteiger partial charge >= 0.3 is 0 Å². The zero-order valence-electron chi connectivity index (χ0n) is 35.0. The molecule has 1 aromatic carbocycles. The molecule has 0 spiro atoms. The number of aliphatic hydroxyl groups excluding tert-OH is 2. The second kappa shape index (κ2) is 37.0. The summed E-state index contributed by atoms with van der Waals surface area (Å²) >= 11 is 0. The van der Waals surface area contributed by atoms with Gasteiger partial charge in [0.15, 0.2) is 11.5 Å². The lowest BCUT2D eigenvalue weighted by atomic mass is 10.1. The third kappa shape index (κ3) is 28.1. The minimum atomic E-state index is -1.01. The minimum absolute atomic E-state index is 0.0318. The number of carbonyl (C=O) groups excluding carboxylic acids is 1. The summed E-state index contributed by atoms with van der Waals surface area (Å²) in [5, 5.41) is 21.8. The fourth-order valence-corrected chi connectivity index (χ4v) is 6.75. The van der Waals surface area contributed by atoms with Crippen LogP contribution < -0.4 is 19.5 Å². The van der Waals surface area contributed by atoms with Crippen molar-refractivity contribution < 1.29 is 29.2 Å². The summed E-state index contributed by atoms with van der Waals surface area (Å²) in [5.41, 5.74) is 0.401. The van der Waals surface area contributed by atoms with Crippen LogP contribution in [0.3, 0.4) is 0 Å². The van der Waals surface area contributed by atoms with Gasteiger partial charge in [-0.2, -0.15) is 0 Å². The fourth-order valence-electron chi connectivity index (χ4n) is 6.75. The van der Waals surface area contributed by atoms with Crippen LogP contribution in [0, 0.1) is 0 Å². The van der Waals surface area contributed by atoms with Gasteiger partial charge in [-0.25, -0.2) is 0 Å². The van der Waals surface area contributed by atoms with Crippen LogP contribution in [-0.4, -0.2) is 55.2 Å². The number of hydrogen-bond acceptors (Lipinski definition) is 6. The van der Waals surface area contributed by atoms with Gasteiger partial charge in [-0.3, -0.25) is 4.79 Å². The summed E-state index contributed by atoms with van der Waals surface area (Å²) in [7, 11) is 0. The molecule has 310 valence electrons. The van der Waals surface area contributed by atoms with Crippen molar-refractivity contribution in [2.24, 2.45) is 0 Å². The summed E-state index contributed by atoms with van der Waals surface area (Å²) in [4.78, 5) is 13.2. The highest BCUT2D eigenvalue weighted by molar-refractivity contribution is 5.95. The van der Waals surface area contributed by atoms with E-state index in [4.69, 9.17) is 14.2 Å². The van der Waals surface area contributed by atoms with Crippen LogP contribution in [0.15, 0.2) is 12.1 Å². The van der Waals surface area contributed by atoms with Gasteiger partial charge in [0.2, 0.25) is 5.75 Å². The molecular weight excluding hydrogens is 663 g/mol. The summed E-state index contributed by atoms with van der Waals surface area (Å²) in [6, 6.07) is 3.50. The molecule has 1 rings (SSSR count). The summed E-state index contributed by atoms with van der Waals surface area (Å²) in [5.74, 6) is 1.33. The Morgan fingerprint density at radius 2 is 0.811 bits per heavy atom. The van der Waals surface area contributed by atoms with Gasteiger partial charge in [0.25, 0.3) is 5.91 Å². The maximum Gasteiger partial charge on any atom is 0.251 e. The van der Waals surface area contributed by atoms with Crippen LogP contribution in [0.2, 0.25) is 0 Å². The van der Waals surface area contributed by atoms with E-state index in [-0.39, 0.29) is 12.5 Å². The highest BCUT2D eigenvalue weighted by Crippen LogP contribution is 2.40. The van der Waals surface area contributed by atoms with Gasteiger partial charge in [0, 0.05) is 12.1 Å². The molecule has 7 heteroatoms. The largest absolute Gasteiger partial charge is 0.490 e. The zero-order chi connectivity index (χ0) is 38.5. The molecule has 0 heterocycles. The third-order valence-electron chi connectivity index (χ3n) is 10.2. The molecule has 1 aromatic rings. The number of aliphatic hydroxyl groups is 2. The molecule has 3 N–H and O–H groups in total. The lowest BCUT2D eigenvalue weighted by Crippen LogP contribution is -2.33. The molecule has 53 heavy (non-hydrogen) atoms. The molecule has 0 aromatic heterocycles. The molecule has 0 saturated carbocycles. The fraction of sp³-hybridized carbons (Fsp3) is 0.848. The number of carbonyl (C=O) groups is 1. The lowest BCUT2D eigenvalue weighted by molar-refractivity contribution is 0.0801. The second-order valence-corrected chi connectivity index (χ2v) is 15.4. The standard InChI is InChI=1S/C46H85NO6/c1-4-7-10-13-16-19-22-25-28-31-34-51-43-37-41(46(50)47-39-42(49)40-48)38-44(52-35-32-29-26-23-20-17-14-11-8-5-2)45(43)53-36-33-30-27-24-21-18-15-12-9-6-3/h37-38,42,48-49H,4-36,39-40H2,1-3H3,(H,47,50). The minimum Gasteiger partial charge on any atom is -0.490 e. The Hall–Kier alpha value is -1.99. The topological polar surface area (TPSA) is 97.3 Å². The first-order chi connectivity index (χ1) is 26.1. The van der Waals surface area contributed by atoms with Gasteiger partial charge in [-0.1, -0.05) is 194 Å². The van der Waals surface area contributed by atoms with E-state index in [0.29, 0.717) is 42.6 Å². The quantitative estimate of drug-likeness (QED) is 0.0578. The van der Waals surface area contributed by atoms with Crippen LogP contribution in [0.1, 0.15) is 224 Å². The maximum absolute atomic E-state index is 13.2. The van der Waals surface area contributed by atoms with Crippen LogP contribution in [0.4, 0.5) is 0 Å². The Bertz CT molecular complexity index is 909. The van der Waals surface area contributed by atoms with Crippen molar-refractivity contribution >= 4 is 5.91 Å². The van der Waals surface area contributed by atoms with E-state index >= 15 is 0 Å². The molecule has 0 aliphatic carbocycles. The van der Waals surface area contributed by atoms with Gasteiger partial charge in [-0.15, -0.1) is 0 Å². The van der Waals surface area contributed by atoms with Crippen LogP contribution in [0.25, 0.3) is 0 Å². The number of hydrogen-bond donors (Lipinski definition) is 3. The second-order valence-electron chi connectivity index (χ2n) is 15.4. The van der Waals surface area contributed by atoms with Crippen molar-refractivity contribution in [3.8, 4) is 17.2 Å². The van der Waals surface area contributed by atoms with Gasteiger partial charge in [0.1, 0.15) is 0 Å². The molecule has 0 saturated heterocycles. The van der Waals surface area contributed by atoms with E-state index in [1.165, 1.54) is 154 Å². The van der Waals surface area contributed by atoms with Crippen LogP contribution in [0.5, 0.6) is 17.2 Å². The summed E-state index contributed by atoms with van der Waals surface area (Å²) < 4.78 is 19.2. The molecule has 1 amide bonds. The molecule has 0 aliphatic heterocycles. The Morgan fingerprint density at radius 1 is 0.509 bits per heavy atom. The van der Waals surface area contributed by atoms with Crippen molar-refractivity contribution in [1.29, 1.82) is 0 Å². The SMILES string of the molecule is CCCCCCCCCCCCOc1cc(C(=O)NCC(O)CO)cc(OCCCCCCCCCCCC)c1OCCCCCCCCCCCC. The van der Waals surface area contributed by atoms with Crippen molar-refractivity contribution in [2.45, 2.75) is 219 Å². The smallest absolute Gasteiger partial charge is 0.251 e. The van der Waals surface area contributed by atoms with Crippen molar-refractivity contribution in [3.05, 3.63) is 17.7 Å². The molecule has 1 unspecified atom stereocenters. The van der Waals surface area contributed by atoms with E-state index in [0.717, 1.165) is 38.5 Å². The summed E-state index contributed by atoms with van der Waals surface area (Å²) in [6.07, 6.45) is 36.7. The Morgan fingerprint density at radius 3 is 1.13 bits per heavy atom. The first kappa shape index (κ1) is 49.0. The van der Waals surface area contributed by atoms with Gasteiger partial charge in [-0.05, 0) is 31.4 Å². The molecular formula is C46H85NO6. The highest BCUT2D eigenvalue weighted by Gasteiger charge is 2.20. The Labute approximate surface area is 327 Å². The number of nitrogens with one attached hydrogen (secondary N) is 1. The van der Waals surface area contributed by atoms with E-state index < -0.39 is 12.7 Å². The van der Waals surface area contributed by atoms with Crippen molar-refractivity contribution in [2.75, 3.05) is 33.0 Å². The van der Waals surface area contributed by atoms with E-state index in [2.05, 4.69) is 26.1 Å². The molecule has 0 radical (unpaired) electrons. The monoisotopic (exact) mass is 748 g/mol. The molecule has 7 nitrogen and oxygen atoms in total. The Balaban J connectivity index is 2.84. The summed E-state index contributed by atoms with van der Waals surface area (Å²) in [6.45, 7) is 8.03. The number of rotatable bonds is 40. The predicted octanol–water partition coefficient (Wildman–Crippen LogP) is 12.7. The highest BCUT2D eigenvalue weighted by atomic mass is 16.5. The zero-order valence-corrected chi connectivity index (χ0v) is 35.0. The van der Waals surface area contributed by atoms with Crippen molar-refractivity contribution in [3.63, 3.8) is 0 Å². The van der Waals surface area contributed by atoms with Gasteiger partial charge in [0.05, 0.1) is 32.5 Å². The average molecular weight is 748 g/mol. The third-order valence-corrected chi connectivity index (χ3v) is 10.2. The lowest BCUT2D eigenvalue weighted by Gasteiger charge is -2.19. The van der Waals surface area contributed by atoms with Crippen molar-refractivity contribution in [1.82, 2.24) is 5.32 Å². The number of amides is 1. The number of ether oxygens (including phenoxy) is 3. The maximum atomic E-state index is 13.2. The number of unbranched alkanes of at least 4 members (excludes halogenated alkanes) is 27. The van der Waals surface area contributed by atoms with Gasteiger partial charge < -0.3 is 29.7 Å². The first-order valence-electron chi connectivity index (χ1n) is 22.7. The normalized spacial score (nSPS) is 11.9. The molecule has 0 bridgehead atoms. The van der Waals surface area contributed by atoms with E-state index in [1.54, 1.807) is 12.1 Å². The van der Waals surface area contributed by atoms with E-state index in [1.807, 2.05) is 0 Å². The molecule has 1 atom stereocenters. The van der Waals surface area contributed by atoms with Crippen LogP contribution in [-0.2, 0) is 0 Å². The Kier molecular flexibility index (Phi) is 34.2. The van der Waals surface area contributed by atoms with E-state index in [9.17, 15) is 15.0 Å². The van der Waals surface area contributed by atoms with Crippen LogP contribution >= 0.6 is 0 Å². The number of benzene rings is 1.